The predicted octanol–water partition coefficient (Wildman–Crippen LogP) is 1.95. The number of carboxylic acids is 2. The van der Waals surface area contributed by atoms with E-state index in [9.17, 15) is 29.0 Å². The molecule has 5 N–H and O–H groups in total. The molecule has 0 unspecified atom stereocenters. The van der Waals surface area contributed by atoms with Crippen LogP contribution in [0.4, 0.5) is 10.2 Å². The Balaban J connectivity index is 2.77. The summed E-state index contributed by atoms with van der Waals surface area (Å²) < 4.78 is 19.4. The first-order chi connectivity index (χ1) is 11.8. The molecule has 0 bridgehead atoms. The van der Waals surface area contributed by atoms with E-state index in [0.29, 0.717) is 6.42 Å². The second-order valence-corrected chi connectivity index (χ2v) is 5.10. The highest BCUT2D eigenvalue weighted by molar-refractivity contribution is 6.07. The summed E-state index contributed by atoms with van der Waals surface area (Å²) in [5.41, 5.74) is 2.38. The molecule has 9 heteroatoms. The maximum atomic E-state index is 14.2. The van der Waals surface area contributed by atoms with Crippen molar-refractivity contribution in [3.05, 3.63) is 45.5 Å². The summed E-state index contributed by atoms with van der Waals surface area (Å²) in [5, 5.41) is 18.6. The minimum atomic E-state index is -1.66. The fourth-order valence-electron chi connectivity index (χ4n) is 2.32. The zero-order chi connectivity index (χ0) is 18.7. The van der Waals surface area contributed by atoms with Crippen molar-refractivity contribution in [3.63, 3.8) is 0 Å². The van der Waals surface area contributed by atoms with Gasteiger partial charge in [0.05, 0.1) is 6.61 Å². The summed E-state index contributed by atoms with van der Waals surface area (Å²) in [5.74, 6) is -4.64. The van der Waals surface area contributed by atoms with Gasteiger partial charge in [0.2, 0.25) is 0 Å². The molecule has 0 saturated heterocycles. The molecule has 0 saturated carbocycles. The van der Waals surface area contributed by atoms with Gasteiger partial charge < -0.3 is 25.7 Å². The topological polar surface area (TPSA) is 143 Å². The van der Waals surface area contributed by atoms with Gasteiger partial charge >= 0.3 is 11.9 Å². The third-order valence-corrected chi connectivity index (χ3v) is 3.35. The molecule has 0 radical (unpaired) electrons. The summed E-state index contributed by atoms with van der Waals surface area (Å²) in [7, 11) is 0. The van der Waals surface area contributed by atoms with Crippen molar-refractivity contribution < 1.29 is 28.9 Å². The number of pyridine rings is 1. The van der Waals surface area contributed by atoms with Crippen LogP contribution in [-0.2, 0) is 0 Å². The summed E-state index contributed by atoms with van der Waals surface area (Å²) in [6, 6.07) is 3.40. The highest BCUT2D eigenvalue weighted by Crippen LogP contribution is 2.32. The van der Waals surface area contributed by atoms with Crippen molar-refractivity contribution in [2.24, 2.45) is 0 Å². The maximum Gasteiger partial charge on any atom is 0.342 e. The Morgan fingerprint density at radius 3 is 2.40 bits per heavy atom. The molecule has 1 heterocycles. The molecule has 132 valence electrons. The van der Waals surface area contributed by atoms with E-state index in [2.05, 4.69) is 0 Å². The summed E-state index contributed by atoms with van der Waals surface area (Å²) in [6.45, 7) is 2.11. The third-order valence-electron chi connectivity index (χ3n) is 3.35. The molecule has 0 spiro atoms. The highest BCUT2D eigenvalue weighted by atomic mass is 19.1. The number of H-pyrrole nitrogens is 1. The molecule has 0 aliphatic carbocycles. The third kappa shape index (κ3) is 3.44. The van der Waals surface area contributed by atoms with Crippen LogP contribution in [0.1, 0.15) is 34.1 Å². The Bertz CT molecular complexity index is 906. The van der Waals surface area contributed by atoms with Crippen LogP contribution in [0.5, 0.6) is 5.75 Å². The average molecular weight is 350 g/mol. The summed E-state index contributed by atoms with van der Waals surface area (Å²) in [4.78, 5) is 36.8. The molecular weight excluding hydrogens is 335 g/mol. The Labute approximate surface area is 140 Å². The van der Waals surface area contributed by atoms with E-state index in [1.54, 1.807) is 0 Å². The van der Waals surface area contributed by atoms with Crippen LogP contribution in [0.25, 0.3) is 11.1 Å². The zero-order valence-electron chi connectivity index (χ0n) is 13.1. The second-order valence-electron chi connectivity index (χ2n) is 5.10. The predicted molar refractivity (Wildman–Crippen MR) is 86.6 cm³/mol. The number of carbonyl (C=O) groups is 2. The number of nitrogen functional groups attached to an aromatic ring is 1. The lowest BCUT2D eigenvalue weighted by molar-refractivity contribution is 0.0695. The Hall–Kier alpha value is -3.36. The number of aromatic carboxylic acids is 2. The SMILES string of the molecule is CCCOc1ccc(-c2c(C(=O)O)c(N)[nH]c(=O)c2C(=O)O)cc1F. The number of aromatic amines is 1. The molecule has 25 heavy (non-hydrogen) atoms. The van der Waals surface area contributed by atoms with Crippen LogP contribution in [-0.4, -0.2) is 33.7 Å². The first-order valence-electron chi connectivity index (χ1n) is 7.23. The van der Waals surface area contributed by atoms with Gasteiger partial charge in [0.15, 0.2) is 11.6 Å². The molecule has 0 fully saturated rings. The van der Waals surface area contributed by atoms with E-state index in [1.807, 2.05) is 11.9 Å². The van der Waals surface area contributed by atoms with Crippen LogP contribution >= 0.6 is 0 Å². The second kappa shape index (κ2) is 7.04. The lowest BCUT2D eigenvalue weighted by atomic mass is 9.95. The molecule has 0 atom stereocenters. The lowest BCUT2D eigenvalue weighted by Gasteiger charge is -2.13. The van der Waals surface area contributed by atoms with Gasteiger partial charge in [0.25, 0.3) is 5.56 Å². The molecule has 0 amide bonds. The Morgan fingerprint density at radius 2 is 1.88 bits per heavy atom. The normalized spacial score (nSPS) is 10.5. The van der Waals surface area contributed by atoms with Crippen LogP contribution in [0, 0.1) is 5.82 Å². The van der Waals surface area contributed by atoms with E-state index >= 15 is 0 Å². The van der Waals surface area contributed by atoms with Crippen molar-refractivity contribution >= 4 is 17.8 Å². The standard InChI is InChI=1S/C16H15FN2O6/c1-2-5-25-9-4-3-7(6-8(9)17)10-11(15(21)22)13(18)19-14(20)12(10)16(23)24/h3-4,6H,2,5H2,1H3,(H,21,22)(H,23,24)(H3,18,19,20). The van der Waals surface area contributed by atoms with Gasteiger partial charge in [-0.15, -0.1) is 0 Å². The highest BCUT2D eigenvalue weighted by Gasteiger charge is 2.27. The number of anilines is 1. The van der Waals surface area contributed by atoms with Gasteiger partial charge in [-0.3, -0.25) is 4.79 Å². The van der Waals surface area contributed by atoms with Gasteiger partial charge in [-0.1, -0.05) is 13.0 Å². The van der Waals surface area contributed by atoms with Crippen LogP contribution < -0.4 is 16.0 Å². The molecule has 2 rings (SSSR count). The van der Waals surface area contributed by atoms with Gasteiger partial charge in [-0.05, 0) is 24.1 Å². The van der Waals surface area contributed by atoms with Crippen molar-refractivity contribution in [1.82, 2.24) is 4.98 Å². The maximum absolute atomic E-state index is 14.2. The molecule has 2 aromatic rings. The number of hydrogen-bond acceptors (Lipinski definition) is 5. The van der Waals surface area contributed by atoms with Gasteiger partial charge in [0, 0.05) is 5.56 Å². The van der Waals surface area contributed by atoms with Gasteiger partial charge in [-0.2, -0.15) is 0 Å². The number of hydrogen-bond donors (Lipinski definition) is 4. The minimum absolute atomic E-state index is 0.0721. The number of rotatable bonds is 6. The largest absolute Gasteiger partial charge is 0.491 e. The average Bonchev–Trinajstić information content (AvgIpc) is 2.52. The zero-order valence-corrected chi connectivity index (χ0v) is 13.1. The van der Waals surface area contributed by atoms with Crippen LogP contribution in [0.15, 0.2) is 23.0 Å². The van der Waals surface area contributed by atoms with E-state index < -0.39 is 45.8 Å². The van der Waals surface area contributed by atoms with E-state index in [0.717, 1.165) is 6.07 Å². The fraction of sp³-hybridized carbons (Fsp3) is 0.188. The van der Waals surface area contributed by atoms with E-state index in [-0.39, 0.29) is 17.9 Å². The molecule has 0 aliphatic rings. The smallest absolute Gasteiger partial charge is 0.342 e. The van der Waals surface area contributed by atoms with Crippen LogP contribution in [0.2, 0.25) is 0 Å². The van der Waals surface area contributed by atoms with Gasteiger partial charge in [-0.25, -0.2) is 14.0 Å². The number of benzene rings is 1. The van der Waals surface area contributed by atoms with Crippen molar-refractivity contribution in [3.8, 4) is 16.9 Å². The molecule has 1 aromatic heterocycles. The molecule has 1 aromatic carbocycles. The van der Waals surface area contributed by atoms with Crippen molar-refractivity contribution in [1.29, 1.82) is 0 Å². The quantitative estimate of drug-likeness (QED) is 0.623. The first-order valence-corrected chi connectivity index (χ1v) is 7.23. The number of nitrogens with one attached hydrogen (secondary N) is 1. The van der Waals surface area contributed by atoms with Crippen LogP contribution in [0.3, 0.4) is 0 Å². The Kier molecular flexibility index (Phi) is 5.06. The monoisotopic (exact) mass is 350 g/mol. The van der Waals surface area contributed by atoms with Crippen molar-refractivity contribution in [2.45, 2.75) is 13.3 Å². The number of aromatic nitrogens is 1. The molecular formula is C16H15FN2O6. The summed E-state index contributed by atoms with van der Waals surface area (Å²) in [6.07, 6.45) is 0.651. The summed E-state index contributed by atoms with van der Waals surface area (Å²) >= 11 is 0. The van der Waals surface area contributed by atoms with E-state index in [1.165, 1.54) is 12.1 Å². The van der Waals surface area contributed by atoms with E-state index in [4.69, 9.17) is 10.5 Å². The minimum Gasteiger partial charge on any atom is -0.491 e. The molecule has 8 nitrogen and oxygen atoms in total. The first kappa shape index (κ1) is 18.0. The fourth-order valence-corrected chi connectivity index (χ4v) is 2.32. The lowest BCUT2D eigenvalue weighted by Crippen LogP contribution is -2.24. The Morgan fingerprint density at radius 1 is 1.24 bits per heavy atom. The van der Waals surface area contributed by atoms with Crippen molar-refractivity contribution in [2.75, 3.05) is 12.3 Å². The molecule has 0 aliphatic heterocycles. The number of nitrogens with two attached hydrogens (primary N) is 1. The van der Waals surface area contributed by atoms with Gasteiger partial charge in [0.1, 0.15) is 16.9 Å². The number of ether oxygens (including phenoxy) is 1. The number of carboxylic acid groups (broad SMARTS) is 2. The number of halogens is 1.